The molecule has 0 aliphatic rings. The Morgan fingerprint density at radius 2 is 2.12 bits per heavy atom. The zero-order valence-electron chi connectivity index (χ0n) is 9.69. The average molecular weight is 224 g/mol. The van der Waals surface area contributed by atoms with Crippen LogP contribution in [0.25, 0.3) is 0 Å². The molecule has 0 saturated carbocycles. The number of nitrogens with zero attached hydrogens (tertiary/aromatic N) is 1. The van der Waals surface area contributed by atoms with Crippen LogP contribution in [0.4, 0.5) is 11.4 Å². The van der Waals surface area contributed by atoms with Crippen LogP contribution in [0.15, 0.2) is 18.2 Å². The lowest BCUT2D eigenvalue weighted by molar-refractivity contribution is -0.0124. The van der Waals surface area contributed by atoms with E-state index in [4.69, 9.17) is 10.5 Å². The van der Waals surface area contributed by atoms with Gasteiger partial charge in [-0.1, -0.05) is 0 Å². The van der Waals surface area contributed by atoms with Gasteiger partial charge < -0.3 is 20.1 Å². The third kappa shape index (κ3) is 2.87. The number of carbonyl (C=O) groups excluding carboxylic acids is 1. The fraction of sp³-hybridized carbons (Fsp3) is 0.364. The highest BCUT2D eigenvalue weighted by atomic mass is 16.7. The standard InChI is InChI=1S/C11H16N2O3/c1-13(2)10-5-4-8(6-9(10)12)11(14)16-7-15-3/h4-6H,7,12H2,1-3H3. The lowest BCUT2D eigenvalue weighted by atomic mass is 10.1. The van der Waals surface area contributed by atoms with E-state index in [0.717, 1.165) is 5.69 Å². The van der Waals surface area contributed by atoms with Gasteiger partial charge in [0, 0.05) is 21.2 Å². The van der Waals surface area contributed by atoms with Gasteiger partial charge in [-0.2, -0.15) is 0 Å². The maximum absolute atomic E-state index is 11.5. The molecule has 0 radical (unpaired) electrons. The van der Waals surface area contributed by atoms with Crippen molar-refractivity contribution in [3.63, 3.8) is 0 Å². The normalized spacial score (nSPS) is 9.94. The molecule has 0 spiro atoms. The number of hydrogen-bond acceptors (Lipinski definition) is 5. The second-order valence-corrected chi connectivity index (χ2v) is 3.51. The van der Waals surface area contributed by atoms with Crippen molar-refractivity contribution in [2.45, 2.75) is 0 Å². The van der Waals surface area contributed by atoms with E-state index in [1.54, 1.807) is 18.2 Å². The number of ether oxygens (including phenoxy) is 2. The molecular weight excluding hydrogens is 208 g/mol. The minimum absolute atomic E-state index is 0.0613. The molecule has 0 amide bonds. The largest absolute Gasteiger partial charge is 0.435 e. The Balaban J connectivity index is 2.84. The summed E-state index contributed by atoms with van der Waals surface area (Å²) >= 11 is 0. The molecule has 0 aromatic heterocycles. The number of hydrogen-bond donors (Lipinski definition) is 1. The van der Waals surface area contributed by atoms with Gasteiger partial charge in [-0.3, -0.25) is 0 Å². The smallest absolute Gasteiger partial charge is 0.340 e. The first-order valence-electron chi connectivity index (χ1n) is 4.79. The molecule has 0 saturated heterocycles. The highest BCUT2D eigenvalue weighted by Gasteiger charge is 2.09. The van der Waals surface area contributed by atoms with Gasteiger partial charge in [0.25, 0.3) is 0 Å². The van der Waals surface area contributed by atoms with Crippen LogP contribution >= 0.6 is 0 Å². The lowest BCUT2D eigenvalue weighted by Crippen LogP contribution is -2.13. The van der Waals surface area contributed by atoms with Crippen LogP contribution in [0.1, 0.15) is 10.4 Å². The Morgan fingerprint density at radius 3 is 2.62 bits per heavy atom. The third-order valence-corrected chi connectivity index (χ3v) is 2.05. The van der Waals surface area contributed by atoms with Crippen molar-refractivity contribution in [3.8, 4) is 0 Å². The zero-order valence-corrected chi connectivity index (χ0v) is 9.69. The van der Waals surface area contributed by atoms with Crippen LogP contribution in [0.3, 0.4) is 0 Å². The molecule has 0 atom stereocenters. The Morgan fingerprint density at radius 1 is 1.44 bits per heavy atom. The zero-order chi connectivity index (χ0) is 12.1. The van der Waals surface area contributed by atoms with Gasteiger partial charge >= 0.3 is 5.97 Å². The van der Waals surface area contributed by atoms with Crippen LogP contribution in [-0.4, -0.2) is 34.0 Å². The highest BCUT2D eigenvalue weighted by molar-refractivity contribution is 5.91. The van der Waals surface area contributed by atoms with E-state index in [0.29, 0.717) is 11.3 Å². The summed E-state index contributed by atoms with van der Waals surface area (Å²) in [7, 11) is 5.22. The van der Waals surface area contributed by atoms with Crippen LogP contribution in [-0.2, 0) is 9.47 Å². The summed E-state index contributed by atoms with van der Waals surface area (Å²) in [6.07, 6.45) is 0. The molecule has 0 fully saturated rings. The van der Waals surface area contributed by atoms with Gasteiger partial charge in [-0.05, 0) is 18.2 Å². The maximum atomic E-state index is 11.5. The first kappa shape index (κ1) is 12.3. The topological polar surface area (TPSA) is 64.8 Å². The van der Waals surface area contributed by atoms with Crippen molar-refractivity contribution >= 4 is 17.3 Å². The first-order chi connectivity index (χ1) is 7.56. The number of carbonyl (C=O) groups is 1. The van der Waals surface area contributed by atoms with Crippen LogP contribution in [0, 0.1) is 0 Å². The van der Waals surface area contributed by atoms with E-state index in [1.165, 1.54) is 7.11 Å². The van der Waals surface area contributed by atoms with Gasteiger partial charge in [0.2, 0.25) is 0 Å². The molecule has 5 nitrogen and oxygen atoms in total. The minimum atomic E-state index is -0.446. The number of nitrogen functional groups attached to an aromatic ring is 1. The molecule has 1 rings (SSSR count). The van der Waals surface area contributed by atoms with Gasteiger partial charge in [0.15, 0.2) is 6.79 Å². The summed E-state index contributed by atoms with van der Waals surface area (Å²) in [5.74, 6) is -0.446. The maximum Gasteiger partial charge on any atom is 0.340 e. The SMILES string of the molecule is COCOC(=O)c1ccc(N(C)C)c(N)c1. The molecule has 16 heavy (non-hydrogen) atoms. The van der Waals surface area contributed by atoms with Crippen molar-refractivity contribution in [2.24, 2.45) is 0 Å². The molecule has 2 N–H and O–H groups in total. The number of esters is 1. The summed E-state index contributed by atoms with van der Waals surface area (Å²) in [5, 5.41) is 0. The van der Waals surface area contributed by atoms with Crippen molar-refractivity contribution in [3.05, 3.63) is 23.8 Å². The van der Waals surface area contributed by atoms with Gasteiger partial charge in [-0.15, -0.1) is 0 Å². The lowest BCUT2D eigenvalue weighted by Gasteiger charge is -2.15. The summed E-state index contributed by atoms with van der Waals surface area (Å²) in [6.45, 7) is -0.0613. The molecule has 5 heteroatoms. The summed E-state index contributed by atoms with van der Waals surface area (Å²) in [4.78, 5) is 13.3. The van der Waals surface area contributed by atoms with E-state index in [9.17, 15) is 4.79 Å². The van der Waals surface area contributed by atoms with Gasteiger partial charge in [0.05, 0.1) is 16.9 Å². The minimum Gasteiger partial charge on any atom is -0.435 e. The van der Waals surface area contributed by atoms with Crippen molar-refractivity contribution in [1.82, 2.24) is 0 Å². The van der Waals surface area contributed by atoms with E-state index >= 15 is 0 Å². The van der Waals surface area contributed by atoms with Crippen molar-refractivity contribution in [1.29, 1.82) is 0 Å². The Bertz CT molecular complexity index is 377. The quantitative estimate of drug-likeness (QED) is 0.471. The monoisotopic (exact) mass is 224 g/mol. The second kappa shape index (κ2) is 5.37. The summed E-state index contributed by atoms with van der Waals surface area (Å²) in [6, 6.07) is 5.04. The second-order valence-electron chi connectivity index (χ2n) is 3.51. The summed E-state index contributed by atoms with van der Waals surface area (Å²) in [5.41, 5.74) is 7.63. The van der Waals surface area contributed by atoms with Gasteiger partial charge in [-0.25, -0.2) is 4.79 Å². The molecule has 0 aliphatic heterocycles. The molecule has 0 aliphatic carbocycles. The van der Waals surface area contributed by atoms with Crippen LogP contribution in [0.5, 0.6) is 0 Å². The summed E-state index contributed by atoms with van der Waals surface area (Å²) < 4.78 is 9.45. The number of methoxy groups -OCH3 is 1. The fourth-order valence-electron chi connectivity index (χ4n) is 1.28. The molecule has 1 aromatic rings. The first-order valence-corrected chi connectivity index (χ1v) is 4.79. The molecule has 0 heterocycles. The Labute approximate surface area is 94.7 Å². The third-order valence-electron chi connectivity index (χ3n) is 2.05. The van der Waals surface area contributed by atoms with Crippen LogP contribution in [0.2, 0.25) is 0 Å². The predicted molar refractivity (Wildman–Crippen MR) is 62.5 cm³/mol. The number of benzene rings is 1. The predicted octanol–water partition coefficient (Wildman–Crippen LogP) is 1.10. The number of rotatable bonds is 4. The van der Waals surface area contributed by atoms with Crippen molar-refractivity contribution in [2.75, 3.05) is 38.6 Å². The van der Waals surface area contributed by atoms with Crippen LogP contribution < -0.4 is 10.6 Å². The number of anilines is 2. The van der Waals surface area contributed by atoms with Crippen molar-refractivity contribution < 1.29 is 14.3 Å². The molecule has 0 bridgehead atoms. The molecule has 88 valence electrons. The average Bonchev–Trinajstić information content (AvgIpc) is 2.25. The van der Waals surface area contributed by atoms with E-state index in [-0.39, 0.29) is 6.79 Å². The Kier molecular flexibility index (Phi) is 4.13. The Hall–Kier alpha value is -1.75. The van der Waals surface area contributed by atoms with E-state index < -0.39 is 5.97 Å². The molecule has 0 unspecified atom stereocenters. The molecular formula is C11H16N2O3. The molecule has 1 aromatic carbocycles. The van der Waals surface area contributed by atoms with E-state index in [2.05, 4.69) is 4.74 Å². The fourth-order valence-corrected chi connectivity index (χ4v) is 1.28. The van der Waals surface area contributed by atoms with Gasteiger partial charge in [0.1, 0.15) is 0 Å². The van der Waals surface area contributed by atoms with E-state index in [1.807, 2.05) is 19.0 Å². The number of nitrogens with two attached hydrogens (primary N) is 1. The highest BCUT2D eigenvalue weighted by Crippen LogP contribution is 2.22.